The molecule has 1 atom stereocenters. The number of benzene rings is 1. The molecule has 1 unspecified atom stereocenters. The first-order chi connectivity index (χ1) is 9.73. The van der Waals surface area contributed by atoms with E-state index in [1.54, 1.807) is 13.0 Å². The first-order valence-electron chi connectivity index (χ1n) is 6.33. The Morgan fingerprint density at radius 1 is 1.38 bits per heavy atom. The van der Waals surface area contributed by atoms with Crippen LogP contribution in [0.4, 0.5) is 0 Å². The predicted molar refractivity (Wildman–Crippen MR) is 73.9 cm³/mol. The third-order valence-electron chi connectivity index (χ3n) is 3.31. The number of hydrogen-bond donors (Lipinski definition) is 1. The zero-order valence-corrected chi connectivity index (χ0v) is 12.8. The molecule has 0 saturated carbocycles. The van der Waals surface area contributed by atoms with Gasteiger partial charge in [0, 0.05) is 19.7 Å². The minimum Gasteiger partial charge on any atom is -0.481 e. The highest BCUT2D eigenvalue weighted by Crippen LogP contribution is 2.36. The van der Waals surface area contributed by atoms with Gasteiger partial charge in [0.1, 0.15) is 0 Å². The third-order valence-corrected chi connectivity index (χ3v) is 5.28. The quantitative estimate of drug-likeness (QED) is 0.873. The molecule has 0 radical (unpaired) electrons. The van der Waals surface area contributed by atoms with E-state index < -0.39 is 21.9 Å². The number of fused-ring (bicyclic) bond motifs is 1. The van der Waals surface area contributed by atoms with Gasteiger partial charge in [0.05, 0.1) is 10.8 Å². The first kappa shape index (κ1) is 15.6. The average Bonchev–Trinajstić information content (AvgIpc) is 2.84. The van der Waals surface area contributed by atoms with Crippen molar-refractivity contribution in [3.05, 3.63) is 17.7 Å². The predicted octanol–water partition coefficient (Wildman–Crippen LogP) is 1.06. The van der Waals surface area contributed by atoms with E-state index in [0.717, 1.165) is 4.31 Å². The Bertz CT molecular complexity index is 669. The van der Waals surface area contributed by atoms with Gasteiger partial charge in [0.15, 0.2) is 11.5 Å². The van der Waals surface area contributed by atoms with Crippen LogP contribution in [0.1, 0.15) is 12.5 Å². The van der Waals surface area contributed by atoms with Gasteiger partial charge >= 0.3 is 5.97 Å². The summed E-state index contributed by atoms with van der Waals surface area (Å²) in [6, 6.07) is 3.01. The number of carboxylic acids is 1. The summed E-state index contributed by atoms with van der Waals surface area (Å²) in [6.07, 6.45) is 0. The summed E-state index contributed by atoms with van der Waals surface area (Å²) in [5.74, 6) is -0.953. The van der Waals surface area contributed by atoms with Gasteiger partial charge in [-0.25, -0.2) is 12.7 Å². The van der Waals surface area contributed by atoms with Crippen molar-refractivity contribution in [2.24, 2.45) is 5.92 Å². The molecule has 1 heterocycles. The van der Waals surface area contributed by atoms with E-state index >= 15 is 0 Å². The maximum atomic E-state index is 12.5. The molecule has 0 bridgehead atoms. The molecule has 0 amide bonds. The highest BCUT2D eigenvalue weighted by Gasteiger charge is 2.28. The van der Waals surface area contributed by atoms with E-state index in [9.17, 15) is 13.2 Å². The summed E-state index contributed by atoms with van der Waals surface area (Å²) in [5.41, 5.74) is 0.522. The van der Waals surface area contributed by atoms with Gasteiger partial charge in [-0.05, 0) is 18.6 Å². The van der Waals surface area contributed by atoms with Gasteiger partial charge in [0.2, 0.25) is 16.8 Å². The van der Waals surface area contributed by atoms with Crippen molar-refractivity contribution in [2.75, 3.05) is 20.4 Å². The van der Waals surface area contributed by atoms with Crippen molar-refractivity contribution in [2.45, 2.75) is 18.7 Å². The van der Waals surface area contributed by atoms with Crippen LogP contribution in [0.5, 0.6) is 11.5 Å². The summed E-state index contributed by atoms with van der Waals surface area (Å²) in [4.78, 5) is 11.0. The molecule has 21 heavy (non-hydrogen) atoms. The number of carboxylic acid groups (broad SMARTS) is 1. The van der Waals surface area contributed by atoms with Gasteiger partial charge in [0.25, 0.3) is 0 Å². The number of carbonyl (C=O) groups is 1. The van der Waals surface area contributed by atoms with Crippen LogP contribution in [0, 0.1) is 12.8 Å². The molecular formula is C13H17NO6S. The fraction of sp³-hybridized carbons (Fsp3) is 0.462. The second-order valence-electron chi connectivity index (χ2n) is 5.00. The second-order valence-corrected chi connectivity index (χ2v) is 7.01. The van der Waals surface area contributed by atoms with E-state index in [2.05, 4.69) is 0 Å². The zero-order valence-electron chi connectivity index (χ0n) is 12.0. The Labute approximate surface area is 123 Å². The summed E-state index contributed by atoms with van der Waals surface area (Å²) in [5, 5.41) is 8.89. The zero-order chi connectivity index (χ0) is 15.8. The molecule has 0 saturated heterocycles. The number of aliphatic carboxylic acids is 1. The molecule has 1 aliphatic rings. The van der Waals surface area contributed by atoms with E-state index in [0.29, 0.717) is 17.1 Å². The fourth-order valence-corrected chi connectivity index (χ4v) is 3.51. The first-order valence-corrected chi connectivity index (χ1v) is 7.77. The van der Waals surface area contributed by atoms with Crippen molar-refractivity contribution in [1.82, 2.24) is 4.31 Å². The SMILES string of the molecule is Cc1cc2c(cc1S(=O)(=O)N(C)CC(C)C(=O)O)OCO2. The smallest absolute Gasteiger partial charge is 0.307 e. The molecule has 1 aromatic carbocycles. The Morgan fingerprint density at radius 3 is 2.52 bits per heavy atom. The number of ether oxygens (including phenoxy) is 2. The van der Waals surface area contributed by atoms with Crippen LogP contribution in [0.3, 0.4) is 0 Å². The molecule has 1 aliphatic heterocycles. The lowest BCUT2D eigenvalue weighted by molar-refractivity contribution is -0.141. The molecule has 116 valence electrons. The van der Waals surface area contributed by atoms with Crippen molar-refractivity contribution in [3.8, 4) is 11.5 Å². The molecule has 0 aliphatic carbocycles. The van der Waals surface area contributed by atoms with Crippen LogP contribution in [-0.4, -0.2) is 44.2 Å². The molecule has 8 heteroatoms. The summed E-state index contributed by atoms with van der Waals surface area (Å²) < 4.78 is 36.5. The Morgan fingerprint density at radius 2 is 1.95 bits per heavy atom. The van der Waals surface area contributed by atoms with Gasteiger partial charge in [-0.2, -0.15) is 0 Å². The van der Waals surface area contributed by atoms with Crippen LogP contribution < -0.4 is 9.47 Å². The van der Waals surface area contributed by atoms with Crippen LogP contribution in [-0.2, 0) is 14.8 Å². The molecular weight excluding hydrogens is 298 g/mol. The topological polar surface area (TPSA) is 93.1 Å². The number of aryl methyl sites for hydroxylation is 1. The molecule has 7 nitrogen and oxygen atoms in total. The molecule has 0 spiro atoms. The number of rotatable bonds is 5. The Hall–Kier alpha value is -1.80. The lowest BCUT2D eigenvalue weighted by Crippen LogP contribution is -2.34. The maximum Gasteiger partial charge on any atom is 0.307 e. The van der Waals surface area contributed by atoms with E-state index in [1.165, 1.54) is 20.0 Å². The van der Waals surface area contributed by atoms with Crippen LogP contribution >= 0.6 is 0 Å². The van der Waals surface area contributed by atoms with Crippen LogP contribution in [0.25, 0.3) is 0 Å². The number of nitrogens with zero attached hydrogens (tertiary/aromatic N) is 1. The Balaban J connectivity index is 2.33. The van der Waals surface area contributed by atoms with Crippen molar-refractivity contribution in [1.29, 1.82) is 0 Å². The van der Waals surface area contributed by atoms with Crippen molar-refractivity contribution >= 4 is 16.0 Å². The molecule has 1 aromatic rings. The third kappa shape index (κ3) is 2.96. The van der Waals surface area contributed by atoms with Crippen LogP contribution in [0.2, 0.25) is 0 Å². The van der Waals surface area contributed by atoms with Crippen molar-refractivity contribution in [3.63, 3.8) is 0 Å². The molecule has 2 rings (SSSR count). The van der Waals surface area contributed by atoms with Crippen molar-refractivity contribution < 1.29 is 27.8 Å². The van der Waals surface area contributed by atoms with E-state index in [-0.39, 0.29) is 18.2 Å². The summed E-state index contributed by atoms with van der Waals surface area (Å²) >= 11 is 0. The van der Waals surface area contributed by atoms with E-state index in [1.807, 2.05) is 0 Å². The summed E-state index contributed by atoms with van der Waals surface area (Å²) in [7, 11) is -2.43. The largest absolute Gasteiger partial charge is 0.481 e. The fourth-order valence-electron chi connectivity index (χ4n) is 2.03. The van der Waals surface area contributed by atoms with Gasteiger partial charge in [-0.3, -0.25) is 4.79 Å². The second kappa shape index (κ2) is 5.53. The average molecular weight is 315 g/mol. The van der Waals surface area contributed by atoms with Crippen LogP contribution in [0.15, 0.2) is 17.0 Å². The molecule has 1 N–H and O–H groups in total. The highest BCUT2D eigenvalue weighted by molar-refractivity contribution is 7.89. The van der Waals surface area contributed by atoms with Gasteiger partial charge in [-0.15, -0.1) is 0 Å². The molecule has 0 fully saturated rings. The summed E-state index contributed by atoms with van der Waals surface area (Å²) in [6.45, 7) is 3.07. The molecule has 0 aromatic heterocycles. The standard InChI is InChI=1S/C13H17NO6S/c1-8-4-10-11(20-7-19-10)5-12(8)21(17,18)14(3)6-9(2)13(15)16/h4-5,9H,6-7H2,1-3H3,(H,15,16). The monoisotopic (exact) mass is 315 g/mol. The minimum absolute atomic E-state index is 0.0597. The highest BCUT2D eigenvalue weighted by atomic mass is 32.2. The Kier molecular flexibility index (Phi) is 4.11. The lowest BCUT2D eigenvalue weighted by atomic mass is 10.2. The van der Waals surface area contributed by atoms with E-state index in [4.69, 9.17) is 14.6 Å². The maximum absolute atomic E-state index is 12.5. The number of hydrogen-bond acceptors (Lipinski definition) is 5. The van der Waals surface area contributed by atoms with Gasteiger partial charge < -0.3 is 14.6 Å². The lowest BCUT2D eigenvalue weighted by Gasteiger charge is -2.20. The minimum atomic E-state index is -3.79. The normalized spacial score (nSPS) is 15.2. The number of sulfonamides is 1. The van der Waals surface area contributed by atoms with Gasteiger partial charge in [-0.1, -0.05) is 6.92 Å².